The molecule has 0 bridgehead atoms. The number of thiocarbonyl (C=S) groups is 1. The van der Waals surface area contributed by atoms with Crippen LogP contribution in [0.3, 0.4) is 0 Å². The number of nitro benzene ring substituents is 1. The Balaban J connectivity index is 1.96. The zero-order valence-corrected chi connectivity index (χ0v) is 14.2. The summed E-state index contributed by atoms with van der Waals surface area (Å²) in [6, 6.07) is 11.9. The molecule has 114 valence electrons. The summed E-state index contributed by atoms with van der Waals surface area (Å²) < 4.78 is 0.520. The minimum Gasteiger partial charge on any atom is -0.341 e. The average Bonchev–Trinajstić information content (AvgIpc) is 2.48. The molecular weight excluding hydrogens is 363 g/mol. The Morgan fingerprint density at radius 1 is 1.23 bits per heavy atom. The maximum absolute atomic E-state index is 10.8. The van der Waals surface area contributed by atoms with Gasteiger partial charge in [0.25, 0.3) is 5.69 Å². The normalized spacial score (nSPS) is 10.3. The van der Waals surface area contributed by atoms with Crippen molar-refractivity contribution in [3.8, 4) is 0 Å². The number of hydrogen-bond donors (Lipinski definition) is 1. The van der Waals surface area contributed by atoms with Crippen LogP contribution in [0.15, 0.2) is 42.5 Å². The lowest BCUT2D eigenvalue weighted by molar-refractivity contribution is -0.384. The van der Waals surface area contributed by atoms with E-state index < -0.39 is 4.92 Å². The molecule has 2 aromatic carbocycles. The van der Waals surface area contributed by atoms with E-state index in [1.54, 1.807) is 6.07 Å². The van der Waals surface area contributed by atoms with Gasteiger partial charge in [0.1, 0.15) is 9.34 Å². The van der Waals surface area contributed by atoms with Crippen LogP contribution in [0, 0.1) is 10.1 Å². The third-order valence-corrected chi connectivity index (χ3v) is 4.54. The molecule has 0 saturated carbocycles. The lowest BCUT2D eigenvalue weighted by atomic mass is 10.2. The third-order valence-electron chi connectivity index (χ3n) is 2.67. The van der Waals surface area contributed by atoms with Crippen molar-refractivity contribution < 1.29 is 4.92 Å². The Kier molecular flexibility index (Phi) is 6.02. The van der Waals surface area contributed by atoms with E-state index >= 15 is 0 Å². The van der Waals surface area contributed by atoms with Gasteiger partial charge < -0.3 is 5.32 Å². The number of nitrogens with one attached hydrogen (secondary N) is 1. The van der Waals surface area contributed by atoms with E-state index in [4.69, 9.17) is 35.4 Å². The maximum Gasteiger partial charge on any atom is 0.289 e. The second kappa shape index (κ2) is 7.78. The van der Waals surface area contributed by atoms with Crippen molar-refractivity contribution in [2.75, 3.05) is 5.32 Å². The highest BCUT2D eigenvalue weighted by atomic mass is 35.5. The Bertz CT molecular complexity index is 708. The van der Waals surface area contributed by atoms with Gasteiger partial charge in [0.2, 0.25) is 0 Å². The smallest absolute Gasteiger partial charge is 0.289 e. The van der Waals surface area contributed by atoms with E-state index in [1.165, 1.54) is 23.9 Å². The van der Waals surface area contributed by atoms with Crippen molar-refractivity contribution in [1.82, 2.24) is 0 Å². The van der Waals surface area contributed by atoms with Crippen LogP contribution in [0.25, 0.3) is 0 Å². The van der Waals surface area contributed by atoms with Crippen molar-refractivity contribution in [3.63, 3.8) is 0 Å². The number of halogens is 2. The van der Waals surface area contributed by atoms with E-state index in [2.05, 4.69) is 5.32 Å². The van der Waals surface area contributed by atoms with Crippen molar-refractivity contribution in [3.05, 3.63) is 68.2 Å². The van der Waals surface area contributed by atoms with E-state index in [-0.39, 0.29) is 10.7 Å². The van der Waals surface area contributed by atoms with Gasteiger partial charge in [-0.3, -0.25) is 10.1 Å². The molecular formula is C14H10Cl2N2O2S2. The van der Waals surface area contributed by atoms with E-state index in [0.717, 1.165) is 5.56 Å². The standard InChI is InChI=1S/C14H10Cl2N2O2S2/c15-10-3-1-9(2-4-10)8-22-14(21)17-11-5-6-12(16)13(7-11)18(19)20/h1-7H,8H2,(H,17,21). The number of anilines is 1. The molecule has 0 heterocycles. The molecule has 0 unspecified atom stereocenters. The fraction of sp³-hybridized carbons (Fsp3) is 0.0714. The van der Waals surface area contributed by atoms with Crippen LogP contribution in [-0.2, 0) is 5.75 Å². The molecule has 2 rings (SSSR count). The van der Waals surface area contributed by atoms with Crippen LogP contribution in [0.5, 0.6) is 0 Å². The molecule has 0 saturated heterocycles. The van der Waals surface area contributed by atoms with Crippen LogP contribution in [0.1, 0.15) is 5.56 Å². The summed E-state index contributed by atoms with van der Waals surface area (Å²) in [5, 5.41) is 14.6. The third kappa shape index (κ3) is 4.84. The number of rotatable bonds is 4. The largest absolute Gasteiger partial charge is 0.341 e. The highest BCUT2D eigenvalue weighted by Gasteiger charge is 2.13. The first-order valence-corrected chi connectivity index (χ1v) is 8.23. The molecule has 0 aromatic heterocycles. The van der Waals surface area contributed by atoms with Gasteiger partial charge in [-0.2, -0.15) is 0 Å². The monoisotopic (exact) mass is 372 g/mol. The Morgan fingerprint density at radius 2 is 1.91 bits per heavy atom. The highest BCUT2D eigenvalue weighted by molar-refractivity contribution is 8.22. The molecule has 0 atom stereocenters. The Hall–Kier alpha value is -1.34. The molecule has 0 aliphatic carbocycles. The molecule has 0 aliphatic heterocycles. The zero-order chi connectivity index (χ0) is 16.1. The summed E-state index contributed by atoms with van der Waals surface area (Å²) in [7, 11) is 0. The van der Waals surface area contributed by atoms with Gasteiger partial charge in [-0.15, -0.1) is 0 Å². The van der Waals surface area contributed by atoms with Crippen molar-refractivity contribution in [2.24, 2.45) is 0 Å². The predicted molar refractivity (Wildman–Crippen MR) is 97.1 cm³/mol. The first kappa shape index (κ1) is 17.0. The van der Waals surface area contributed by atoms with Crippen molar-refractivity contribution in [2.45, 2.75) is 5.75 Å². The quantitative estimate of drug-likeness (QED) is 0.434. The van der Waals surface area contributed by atoms with Crippen LogP contribution in [0.2, 0.25) is 10.0 Å². The molecule has 1 N–H and O–H groups in total. The fourth-order valence-corrected chi connectivity index (χ4v) is 2.90. The van der Waals surface area contributed by atoms with Crippen LogP contribution < -0.4 is 5.32 Å². The maximum atomic E-state index is 10.8. The summed E-state index contributed by atoms with van der Waals surface area (Å²) in [5.41, 5.74) is 1.46. The molecule has 0 amide bonds. The van der Waals surface area contributed by atoms with Crippen LogP contribution in [-0.4, -0.2) is 9.24 Å². The molecule has 0 radical (unpaired) electrons. The number of nitrogens with zero attached hydrogens (tertiary/aromatic N) is 1. The molecule has 8 heteroatoms. The predicted octanol–water partition coefficient (Wildman–Crippen LogP) is 5.53. The van der Waals surface area contributed by atoms with Gasteiger partial charge in [-0.1, -0.05) is 59.3 Å². The second-order valence-electron chi connectivity index (χ2n) is 4.25. The SMILES string of the molecule is O=[N+]([O-])c1cc(NC(=S)SCc2ccc(Cl)cc2)ccc1Cl. The van der Waals surface area contributed by atoms with Crippen LogP contribution >= 0.6 is 47.2 Å². The van der Waals surface area contributed by atoms with Gasteiger partial charge in [0.15, 0.2) is 0 Å². The van der Waals surface area contributed by atoms with E-state index in [0.29, 0.717) is 20.8 Å². The van der Waals surface area contributed by atoms with Gasteiger partial charge >= 0.3 is 0 Å². The second-order valence-corrected chi connectivity index (χ2v) is 6.75. The van der Waals surface area contributed by atoms with E-state index in [9.17, 15) is 10.1 Å². The van der Waals surface area contributed by atoms with Gasteiger partial charge in [-0.25, -0.2) is 0 Å². The fourth-order valence-electron chi connectivity index (χ4n) is 1.61. The molecule has 0 spiro atoms. The minimum absolute atomic E-state index is 0.0929. The highest BCUT2D eigenvalue weighted by Crippen LogP contribution is 2.28. The molecule has 0 aliphatic rings. The van der Waals surface area contributed by atoms with Crippen molar-refractivity contribution >= 4 is 62.9 Å². The Labute approximate surface area is 147 Å². The van der Waals surface area contributed by atoms with Gasteiger partial charge in [0, 0.05) is 22.5 Å². The molecule has 2 aromatic rings. The van der Waals surface area contributed by atoms with Crippen molar-refractivity contribution in [1.29, 1.82) is 0 Å². The summed E-state index contributed by atoms with van der Waals surface area (Å²) in [6.07, 6.45) is 0. The zero-order valence-electron chi connectivity index (χ0n) is 11.1. The number of hydrogen-bond acceptors (Lipinski definition) is 4. The lowest BCUT2D eigenvalue weighted by Gasteiger charge is -2.08. The Morgan fingerprint density at radius 3 is 2.55 bits per heavy atom. The topological polar surface area (TPSA) is 55.2 Å². The minimum atomic E-state index is -0.530. The number of benzene rings is 2. The van der Waals surface area contributed by atoms with Gasteiger partial charge in [0.05, 0.1) is 4.92 Å². The molecule has 22 heavy (non-hydrogen) atoms. The summed E-state index contributed by atoms with van der Waals surface area (Å²) >= 11 is 18.2. The van der Waals surface area contributed by atoms with E-state index in [1.807, 2.05) is 24.3 Å². The molecule has 0 fully saturated rings. The first-order chi connectivity index (χ1) is 10.5. The number of nitro groups is 1. The summed E-state index contributed by atoms with van der Waals surface area (Å²) in [4.78, 5) is 10.3. The average molecular weight is 373 g/mol. The van der Waals surface area contributed by atoms with Crippen LogP contribution in [0.4, 0.5) is 11.4 Å². The summed E-state index contributed by atoms with van der Waals surface area (Å²) in [5.74, 6) is 0.679. The first-order valence-electron chi connectivity index (χ1n) is 6.08. The van der Waals surface area contributed by atoms with Gasteiger partial charge in [-0.05, 0) is 29.8 Å². The molecule has 4 nitrogen and oxygen atoms in total. The summed E-state index contributed by atoms with van der Waals surface area (Å²) in [6.45, 7) is 0. The number of thioether (sulfide) groups is 1. The lowest BCUT2D eigenvalue weighted by Crippen LogP contribution is -2.05.